The number of esters is 1. The van der Waals surface area contributed by atoms with E-state index in [1.807, 2.05) is 53.7 Å². The summed E-state index contributed by atoms with van der Waals surface area (Å²) in [7, 11) is 3.53. The van der Waals surface area contributed by atoms with Crippen molar-refractivity contribution < 1.29 is 28.9 Å². The molecule has 0 aliphatic carbocycles. The number of carbonyl (C=O) groups is 2. The number of hydrogen-bond donors (Lipinski definition) is 1. The van der Waals surface area contributed by atoms with Crippen molar-refractivity contribution in [2.24, 2.45) is 17.8 Å². The van der Waals surface area contributed by atoms with E-state index in [0.717, 1.165) is 49.7 Å². The third-order valence-corrected chi connectivity index (χ3v) is 7.81. The van der Waals surface area contributed by atoms with E-state index in [0.29, 0.717) is 17.4 Å². The van der Waals surface area contributed by atoms with E-state index in [-0.39, 0.29) is 29.2 Å². The van der Waals surface area contributed by atoms with Crippen molar-refractivity contribution >= 4 is 11.9 Å². The van der Waals surface area contributed by atoms with Gasteiger partial charge in [0, 0.05) is 25.9 Å². The standard InChI is InChI=1S/2C19H34O3/c1-14(2)17(18(20)21)16(4)12-8-10-15(3)11-9-13-19(5,6)22-7;1-15(2)22-18(20)14-17(4)11-8-10-16(3)12-9-13-19(5,6)21-7/h8,12,14-15H,9-11,13H2,1-7H3,(H,20,21);8,11,14-16H,9-10,12-13H2,1-7H3/b12-8+,17-16+;11-8+,17-14+. The first kappa shape index (κ1) is 43.9. The molecule has 0 radical (unpaired) electrons. The first-order valence-electron chi connectivity index (χ1n) is 16.5. The fourth-order valence-corrected chi connectivity index (χ4v) is 4.62. The molecule has 0 bridgehead atoms. The Morgan fingerprint density at radius 3 is 1.55 bits per heavy atom. The van der Waals surface area contributed by atoms with E-state index >= 15 is 0 Å². The number of hydrogen-bond acceptors (Lipinski definition) is 5. The number of allylic oxidation sites excluding steroid dienone is 6. The van der Waals surface area contributed by atoms with Crippen LogP contribution in [0.3, 0.4) is 0 Å². The molecule has 1 N–H and O–H groups in total. The van der Waals surface area contributed by atoms with Crippen LogP contribution in [0.25, 0.3) is 0 Å². The number of ether oxygens (including phenoxy) is 3. The van der Waals surface area contributed by atoms with Gasteiger partial charge in [-0.1, -0.05) is 77.7 Å². The van der Waals surface area contributed by atoms with Gasteiger partial charge in [-0.2, -0.15) is 0 Å². The Balaban J connectivity index is 0. The van der Waals surface area contributed by atoms with Crippen LogP contribution in [0.5, 0.6) is 0 Å². The summed E-state index contributed by atoms with van der Waals surface area (Å²) < 4.78 is 15.9. The largest absolute Gasteiger partial charge is 0.478 e. The highest BCUT2D eigenvalue weighted by Crippen LogP contribution is 2.22. The van der Waals surface area contributed by atoms with Crippen LogP contribution in [-0.2, 0) is 23.8 Å². The maximum Gasteiger partial charge on any atom is 0.332 e. The van der Waals surface area contributed by atoms with Crippen LogP contribution in [0, 0.1) is 17.8 Å². The number of carbonyl (C=O) groups excluding carboxylic acids is 1. The van der Waals surface area contributed by atoms with Crippen molar-refractivity contribution in [1.82, 2.24) is 0 Å². The second kappa shape index (κ2) is 23.2. The molecule has 0 aliphatic rings. The summed E-state index contributed by atoms with van der Waals surface area (Å²) in [4.78, 5) is 22.7. The molecule has 2 atom stereocenters. The van der Waals surface area contributed by atoms with E-state index in [4.69, 9.17) is 14.2 Å². The Kier molecular flexibility index (Phi) is 23.2. The van der Waals surface area contributed by atoms with Gasteiger partial charge < -0.3 is 19.3 Å². The Labute approximate surface area is 271 Å². The topological polar surface area (TPSA) is 82.1 Å². The lowest BCUT2D eigenvalue weighted by atomic mass is 9.94. The quantitative estimate of drug-likeness (QED) is 0.0828. The summed E-state index contributed by atoms with van der Waals surface area (Å²) in [6.07, 6.45) is 18.5. The zero-order valence-electron chi connectivity index (χ0n) is 30.8. The average Bonchev–Trinajstić information content (AvgIpc) is 2.87. The summed E-state index contributed by atoms with van der Waals surface area (Å²) in [5, 5.41) is 9.23. The molecule has 2 unspecified atom stereocenters. The molecule has 0 saturated carbocycles. The number of aliphatic carboxylic acids is 1. The number of carboxylic acid groups (broad SMARTS) is 1. The van der Waals surface area contributed by atoms with Gasteiger partial charge in [0.15, 0.2) is 0 Å². The van der Waals surface area contributed by atoms with Crippen molar-refractivity contribution in [2.45, 2.75) is 152 Å². The number of rotatable bonds is 20. The SMILES string of the molecule is COC(C)(C)CCCC(C)C/C=C/C(C)=C(/C(=O)O)C(C)C.COC(C)(C)CCCC(C)C/C=C/C(C)=C/C(=O)OC(C)C. The first-order valence-corrected chi connectivity index (χ1v) is 16.5. The molecule has 0 rings (SSSR count). The molecule has 6 heteroatoms. The Morgan fingerprint density at radius 2 is 1.18 bits per heavy atom. The smallest absolute Gasteiger partial charge is 0.332 e. The van der Waals surface area contributed by atoms with Crippen molar-refractivity contribution in [1.29, 1.82) is 0 Å². The molecule has 0 aliphatic heterocycles. The summed E-state index contributed by atoms with van der Waals surface area (Å²) >= 11 is 0. The molecule has 0 aromatic heterocycles. The van der Waals surface area contributed by atoms with Crippen molar-refractivity contribution in [3.05, 3.63) is 47.1 Å². The van der Waals surface area contributed by atoms with Crippen molar-refractivity contribution in [3.8, 4) is 0 Å². The van der Waals surface area contributed by atoms with Gasteiger partial charge >= 0.3 is 11.9 Å². The second-order valence-corrected chi connectivity index (χ2v) is 14.1. The molecule has 6 nitrogen and oxygen atoms in total. The molecule has 44 heavy (non-hydrogen) atoms. The third kappa shape index (κ3) is 24.2. The maximum absolute atomic E-state index is 11.5. The second-order valence-electron chi connectivity index (χ2n) is 14.1. The van der Waals surface area contributed by atoms with Crippen LogP contribution in [0.2, 0.25) is 0 Å². The average molecular weight is 621 g/mol. The van der Waals surface area contributed by atoms with Gasteiger partial charge in [0.2, 0.25) is 0 Å². The maximum atomic E-state index is 11.5. The van der Waals surface area contributed by atoms with Crippen LogP contribution in [0.4, 0.5) is 0 Å². The molecule has 0 amide bonds. The lowest BCUT2D eigenvalue weighted by molar-refractivity contribution is -0.141. The molecule has 0 aromatic rings. The number of carboxylic acids is 1. The molecular weight excluding hydrogens is 552 g/mol. The van der Waals surface area contributed by atoms with Crippen LogP contribution in [0.1, 0.15) is 134 Å². The Bertz CT molecular complexity index is 931. The molecule has 0 heterocycles. The van der Waals surface area contributed by atoms with Crippen LogP contribution in [0.15, 0.2) is 47.1 Å². The highest BCUT2D eigenvalue weighted by molar-refractivity contribution is 5.88. The van der Waals surface area contributed by atoms with Crippen LogP contribution < -0.4 is 0 Å². The lowest BCUT2D eigenvalue weighted by Gasteiger charge is -2.23. The van der Waals surface area contributed by atoms with E-state index in [9.17, 15) is 14.7 Å². The van der Waals surface area contributed by atoms with Gasteiger partial charge in [0.05, 0.1) is 17.3 Å². The molecule has 256 valence electrons. The lowest BCUT2D eigenvalue weighted by Crippen LogP contribution is -2.22. The fourth-order valence-electron chi connectivity index (χ4n) is 4.62. The molecule has 0 fully saturated rings. The fraction of sp³-hybridized carbons (Fsp3) is 0.737. The normalized spacial score (nSPS) is 15.0. The third-order valence-electron chi connectivity index (χ3n) is 7.81. The van der Waals surface area contributed by atoms with E-state index in [1.54, 1.807) is 20.3 Å². The predicted octanol–water partition coefficient (Wildman–Crippen LogP) is 10.3. The summed E-state index contributed by atoms with van der Waals surface area (Å²) in [6, 6.07) is 0. The minimum absolute atomic E-state index is 0.0222. The van der Waals surface area contributed by atoms with Crippen molar-refractivity contribution in [2.75, 3.05) is 14.2 Å². The molecule has 0 spiro atoms. The first-order chi connectivity index (χ1) is 20.3. The van der Waals surface area contributed by atoms with E-state index in [2.05, 4.69) is 53.7 Å². The van der Waals surface area contributed by atoms with Gasteiger partial charge in [0.1, 0.15) is 0 Å². The van der Waals surface area contributed by atoms with E-state index in [1.165, 1.54) is 12.8 Å². The summed E-state index contributed by atoms with van der Waals surface area (Å²) in [5.41, 5.74) is 2.23. The predicted molar refractivity (Wildman–Crippen MR) is 186 cm³/mol. The zero-order valence-corrected chi connectivity index (χ0v) is 30.8. The van der Waals surface area contributed by atoms with Gasteiger partial charge in [-0.25, -0.2) is 9.59 Å². The Hall–Kier alpha value is -2.18. The van der Waals surface area contributed by atoms with Gasteiger partial charge in [0.25, 0.3) is 0 Å². The summed E-state index contributed by atoms with van der Waals surface area (Å²) in [6.45, 7) is 24.3. The monoisotopic (exact) mass is 621 g/mol. The number of methoxy groups -OCH3 is 2. The van der Waals surface area contributed by atoms with Gasteiger partial charge in [-0.15, -0.1) is 0 Å². The van der Waals surface area contributed by atoms with Crippen LogP contribution in [-0.4, -0.2) is 48.6 Å². The minimum atomic E-state index is -0.813. The van der Waals surface area contributed by atoms with Gasteiger partial charge in [-0.3, -0.25) is 0 Å². The highest BCUT2D eigenvalue weighted by atomic mass is 16.5. The molecular formula is C38H68O6. The zero-order chi connectivity index (χ0) is 34.5. The molecule has 0 aromatic carbocycles. The van der Waals surface area contributed by atoms with E-state index < -0.39 is 5.97 Å². The summed E-state index contributed by atoms with van der Waals surface area (Å²) in [5.74, 6) is 0.193. The highest BCUT2D eigenvalue weighted by Gasteiger charge is 2.17. The van der Waals surface area contributed by atoms with Crippen molar-refractivity contribution in [3.63, 3.8) is 0 Å². The minimum Gasteiger partial charge on any atom is -0.478 e. The molecule has 0 saturated heterocycles. The van der Waals surface area contributed by atoms with Crippen LogP contribution >= 0.6 is 0 Å². The Morgan fingerprint density at radius 1 is 0.750 bits per heavy atom. The van der Waals surface area contributed by atoms with Gasteiger partial charge in [-0.05, 0) is 110 Å².